The smallest absolute Gasteiger partial charge is 0.137 e. The number of fused-ring (bicyclic) bond motifs is 1. The minimum Gasteiger partial charge on any atom is -0.495 e. The Morgan fingerprint density at radius 2 is 1.85 bits per heavy atom. The van der Waals surface area contributed by atoms with Gasteiger partial charge in [-0.1, -0.05) is 26.3 Å². The molecule has 5 rings (SSSR count). The largest absolute Gasteiger partial charge is 0.495 e. The maximum atomic E-state index is 15.4. The van der Waals surface area contributed by atoms with Gasteiger partial charge in [0.05, 0.1) is 41.3 Å². The molecule has 0 aliphatic carbocycles. The standard InChI is InChI=1S/C32H31F2N5O/c1-5-9-20(6-2)27-15-28(24(18-37-27)21-12-23(40-4)17-35-16-21)38-32-19(3)31(26-10-7-8-11-36-26)39-29-14-22(33)13-25(34)30(29)32/h7-8,10-18,20H,5-6,9H2,1-4H3,(H,37,38,39). The van der Waals surface area contributed by atoms with E-state index in [0.717, 1.165) is 47.8 Å². The summed E-state index contributed by atoms with van der Waals surface area (Å²) in [5.41, 5.74) is 5.74. The summed E-state index contributed by atoms with van der Waals surface area (Å²) in [5.74, 6) is -0.515. The first kappa shape index (κ1) is 27.1. The Hall–Kier alpha value is -4.46. The van der Waals surface area contributed by atoms with Crippen LogP contribution in [-0.2, 0) is 0 Å². The first-order valence-electron chi connectivity index (χ1n) is 13.4. The average molecular weight is 540 g/mol. The van der Waals surface area contributed by atoms with Crippen molar-refractivity contribution in [2.45, 2.75) is 46.0 Å². The van der Waals surface area contributed by atoms with Crippen LogP contribution in [0.2, 0.25) is 0 Å². The molecule has 4 aromatic heterocycles. The molecule has 0 amide bonds. The van der Waals surface area contributed by atoms with Gasteiger partial charge in [-0.3, -0.25) is 15.0 Å². The molecule has 204 valence electrons. The third-order valence-corrected chi connectivity index (χ3v) is 7.15. The molecule has 0 radical (unpaired) electrons. The second kappa shape index (κ2) is 11.7. The van der Waals surface area contributed by atoms with Crippen molar-refractivity contribution in [3.05, 3.63) is 90.1 Å². The highest BCUT2D eigenvalue weighted by atomic mass is 19.1. The molecule has 1 unspecified atom stereocenters. The van der Waals surface area contributed by atoms with E-state index in [9.17, 15) is 4.39 Å². The Morgan fingerprint density at radius 3 is 2.58 bits per heavy atom. The van der Waals surface area contributed by atoms with Gasteiger partial charge in [0, 0.05) is 64.7 Å². The lowest BCUT2D eigenvalue weighted by atomic mass is 9.94. The van der Waals surface area contributed by atoms with Crippen LogP contribution in [0.15, 0.2) is 67.3 Å². The number of rotatable bonds is 9. The number of methoxy groups -OCH3 is 1. The SMILES string of the molecule is CCCC(CC)c1cc(Nc2c(C)c(-c3ccccn3)nc3cc(F)cc(F)c23)c(-c2cncc(OC)c2)cn1. The summed E-state index contributed by atoms with van der Waals surface area (Å²) in [5, 5.41) is 3.71. The molecular formula is C32H31F2N5O. The van der Waals surface area contributed by atoms with E-state index < -0.39 is 11.6 Å². The Balaban J connectivity index is 1.76. The maximum absolute atomic E-state index is 15.4. The number of anilines is 2. The van der Waals surface area contributed by atoms with Crippen LogP contribution in [-0.4, -0.2) is 27.0 Å². The topological polar surface area (TPSA) is 72.8 Å². The van der Waals surface area contributed by atoms with Gasteiger partial charge >= 0.3 is 0 Å². The third-order valence-electron chi connectivity index (χ3n) is 7.15. The molecule has 5 aromatic rings. The quantitative estimate of drug-likeness (QED) is 0.203. The Kier molecular flexibility index (Phi) is 7.96. The predicted octanol–water partition coefficient (Wildman–Crippen LogP) is 8.39. The molecule has 0 saturated carbocycles. The van der Waals surface area contributed by atoms with Crippen LogP contribution in [0.4, 0.5) is 20.2 Å². The minimum atomic E-state index is -0.697. The van der Waals surface area contributed by atoms with Crippen LogP contribution in [0.5, 0.6) is 5.75 Å². The fraction of sp³-hybridized carbons (Fsp3) is 0.250. The molecule has 1 N–H and O–H groups in total. The number of ether oxygens (including phenoxy) is 1. The van der Waals surface area contributed by atoms with Gasteiger partial charge in [0.25, 0.3) is 0 Å². The van der Waals surface area contributed by atoms with E-state index in [1.54, 1.807) is 25.7 Å². The van der Waals surface area contributed by atoms with Gasteiger partial charge in [-0.25, -0.2) is 13.8 Å². The van der Waals surface area contributed by atoms with Gasteiger partial charge in [0.1, 0.15) is 17.4 Å². The first-order valence-corrected chi connectivity index (χ1v) is 13.4. The summed E-state index contributed by atoms with van der Waals surface area (Å²) in [7, 11) is 1.59. The monoisotopic (exact) mass is 539 g/mol. The number of nitrogens with zero attached hydrogens (tertiary/aromatic N) is 4. The van der Waals surface area contributed by atoms with Crippen molar-refractivity contribution in [3.63, 3.8) is 0 Å². The van der Waals surface area contributed by atoms with Crippen LogP contribution in [0, 0.1) is 18.6 Å². The van der Waals surface area contributed by atoms with E-state index in [2.05, 4.69) is 34.1 Å². The van der Waals surface area contributed by atoms with Gasteiger partial charge in [0.15, 0.2) is 0 Å². The molecule has 0 bridgehead atoms. The summed E-state index contributed by atoms with van der Waals surface area (Å²) in [6.07, 6.45) is 9.83. The summed E-state index contributed by atoms with van der Waals surface area (Å²) >= 11 is 0. The normalized spacial score (nSPS) is 11.9. The van der Waals surface area contributed by atoms with Crippen molar-refractivity contribution in [1.29, 1.82) is 0 Å². The van der Waals surface area contributed by atoms with E-state index in [1.807, 2.05) is 43.5 Å². The van der Waals surface area contributed by atoms with Crippen LogP contribution >= 0.6 is 0 Å². The van der Waals surface area contributed by atoms with Gasteiger partial charge < -0.3 is 10.1 Å². The van der Waals surface area contributed by atoms with Crippen LogP contribution in [0.3, 0.4) is 0 Å². The van der Waals surface area contributed by atoms with E-state index in [4.69, 9.17) is 9.72 Å². The molecule has 0 fully saturated rings. The third kappa shape index (κ3) is 5.34. The molecule has 0 spiro atoms. The molecule has 1 atom stereocenters. The van der Waals surface area contributed by atoms with E-state index in [1.165, 1.54) is 6.07 Å². The summed E-state index contributed by atoms with van der Waals surface area (Å²) < 4.78 is 35.2. The molecule has 1 aromatic carbocycles. The van der Waals surface area contributed by atoms with Crippen LogP contribution < -0.4 is 10.1 Å². The lowest BCUT2D eigenvalue weighted by Gasteiger charge is -2.21. The zero-order valence-electron chi connectivity index (χ0n) is 23.0. The molecule has 0 aliphatic rings. The number of aromatic nitrogens is 4. The zero-order chi connectivity index (χ0) is 28.2. The van der Waals surface area contributed by atoms with Crippen LogP contribution in [0.25, 0.3) is 33.4 Å². The zero-order valence-corrected chi connectivity index (χ0v) is 23.0. The Bertz CT molecular complexity index is 1660. The number of nitrogens with one attached hydrogen (secondary N) is 1. The van der Waals surface area contributed by atoms with E-state index in [0.29, 0.717) is 28.4 Å². The van der Waals surface area contributed by atoms with Gasteiger partial charge in [-0.05, 0) is 44.0 Å². The Morgan fingerprint density at radius 1 is 1.00 bits per heavy atom. The molecule has 0 saturated heterocycles. The summed E-state index contributed by atoms with van der Waals surface area (Å²) in [6, 6.07) is 11.5. The van der Waals surface area contributed by atoms with Crippen molar-refractivity contribution >= 4 is 22.3 Å². The molecule has 8 heteroatoms. The van der Waals surface area contributed by atoms with E-state index in [-0.39, 0.29) is 16.8 Å². The maximum Gasteiger partial charge on any atom is 0.137 e. The lowest BCUT2D eigenvalue weighted by Crippen LogP contribution is -2.06. The fourth-order valence-corrected chi connectivity index (χ4v) is 5.06. The molecule has 40 heavy (non-hydrogen) atoms. The van der Waals surface area contributed by atoms with Crippen LogP contribution in [0.1, 0.15) is 50.3 Å². The number of hydrogen-bond acceptors (Lipinski definition) is 6. The van der Waals surface area contributed by atoms with Gasteiger partial charge in [-0.15, -0.1) is 0 Å². The van der Waals surface area contributed by atoms with Gasteiger partial charge in [0.2, 0.25) is 0 Å². The fourth-order valence-electron chi connectivity index (χ4n) is 5.06. The average Bonchev–Trinajstić information content (AvgIpc) is 2.97. The highest BCUT2D eigenvalue weighted by Crippen LogP contribution is 2.40. The molecule has 0 aliphatic heterocycles. The summed E-state index contributed by atoms with van der Waals surface area (Å²) in [4.78, 5) is 18.2. The molecule has 6 nitrogen and oxygen atoms in total. The van der Waals surface area contributed by atoms with Crippen molar-refractivity contribution in [1.82, 2.24) is 19.9 Å². The number of halogens is 2. The number of benzene rings is 1. The van der Waals surface area contributed by atoms with Gasteiger partial charge in [-0.2, -0.15) is 0 Å². The van der Waals surface area contributed by atoms with Crippen molar-refractivity contribution in [2.75, 3.05) is 12.4 Å². The lowest BCUT2D eigenvalue weighted by molar-refractivity contribution is 0.413. The Labute approximate surface area is 232 Å². The highest BCUT2D eigenvalue weighted by molar-refractivity contribution is 5.99. The second-order valence-electron chi connectivity index (χ2n) is 9.74. The van der Waals surface area contributed by atoms with E-state index >= 15 is 4.39 Å². The number of pyridine rings is 4. The van der Waals surface area contributed by atoms with Crippen molar-refractivity contribution in [2.24, 2.45) is 0 Å². The summed E-state index contributed by atoms with van der Waals surface area (Å²) in [6.45, 7) is 6.17. The molecular weight excluding hydrogens is 508 g/mol. The second-order valence-corrected chi connectivity index (χ2v) is 9.74. The first-order chi connectivity index (χ1) is 19.4. The molecule has 4 heterocycles. The predicted molar refractivity (Wildman–Crippen MR) is 155 cm³/mol. The minimum absolute atomic E-state index is 0.197. The number of hydrogen-bond donors (Lipinski definition) is 1. The highest BCUT2D eigenvalue weighted by Gasteiger charge is 2.21. The van der Waals surface area contributed by atoms with Crippen molar-refractivity contribution in [3.8, 4) is 28.3 Å². The van der Waals surface area contributed by atoms with Crippen molar-refractivity contribution < 1.29 is 13.5 Å².